The number of barbiturate groups is 1. The van der Waals surface area contributed by atoms with Gasteiger partial charge in [0.2, 0.25) is 0 Å². The average molecular weight is 284 g/mol. The zero-order chi connectivity index (χ0) is 15.4. The number of imide groups is 2. The average Bonchev–Trinajstić information content (AvgIpc) is 2.44. The molecule has 108 valence electrons. The number of nitrogens with zero attached hydrogens (tertiary/aromatic N) is 1. The van der Waals surface area contributed by atoms with Crippen molar-refractivity contribution in [2.75, 3.05) is 6.54 Å². The fourth-order valence-corrected chi connectivity index (χ4v) is 2.02. The summed E-state index contributed by atoms with van der Waals surface area (Å²) in [7, 11) is 0. The van der Waals surface area contributed by atoms with Crippen molar-refractivity contribution in [3.05, 3.63) is 53.1 Å². The Morgan fingerprint density at radius 1 is 1.19 bits per heavy atom. The van der Waals surface area contributed by atoms with E-state index in [1.165, 1.54) is 6.08 Å². The van der Waals surface area contributed by atoms with E-state index in [2.05, 4.69) is 5.32 Å². The Bertz CT molecular complexity index is 659. The first-order valence-corrected chi connectivity index (χ1v) is 6.65. The third kappa shape index (κ3) is 3.08. The van der Waals surface area contributed by atoms with E-state index in [-0.39, 0.29) is 12.1 Å². The summed E-state index contributed by atoms with van der Waals surface area (Å²) in [4.78, 5) is 36.2. The van der Waals surface area contributed by atoms with Gasteiger partial charge in [0.25, 0.3) is 11.8 Å². The maximum Gasteiger partial charge on any atom is 0.331 e. The molecule has 0 saturated carbocycles. The molecule has 1 heterocycles. The monoisotopic (exact) mass is 284 g/mol. The summed E-state index contributed by atoms with van der Waals surface area (Å²) in [6, 6.07) is 7.09. The minimum atomic E-state index is -0.674. The van der Waals surface area contributed by atoms with E-state index < -0.39 is 17.8 Å². The lowest BCUT2D eigenvalue weighted by Gasteiger charge is -2.24. The van der Waals surface area contributed by atoms with Crippen LogP contribution in [-0.2, 0) is 9.59 Å². The molecule has 1 aliphatic heterocycles. The maximum atomic E-state index is 12.0. The Kier molecular flexibility index (Phi) is 4.33. The summed E-state index contributed by atoms with van der Waals surface area (Å²) < 4.78 is 0. The van der Waals surface area contributed by atoms with Crippen LogP contribution in [0.25, 0.3) is 6.08 Å². The molecule has 4 amide bonds. The summed E-state index contributed by atoms with van der Waals surface area (Å²) >= 11 is 0. The van der Waals surface area contributed by atoms with Gasteiger partial charge in [-0.3, -0.25) is 19.8 Å². The number of amides is 4. The minimum absolute atomic E-state index is 0.0405. The van der Waals surface area contributed by atoms with E-state index in [1.807, 2.05) is 37.3 Å². The number of hydrogen-bond donors (Lipinski definition) is 1. The van der Waals surface area contributed by atoms with Crippen LogP contribution in [0.5, 0.6) is 0 Å². The van der Waals surface area contributed by atoms with Crippen molar-refractivity contribution in [1.29, 1.82) is 0 Å². The number of allylic oxidation sites excluding steroid dienone is 2. The van der Waals surface area contributed by atoms with Gasteiger partial charge in [0.15, 0.2) is 0 Å². The molecule has 1 aliphatic rings. The van der Waals surface area contributed by atoms with Gasteiger partial charge in [0.1, 0.15) is 5.57 Å². The van der Waals surface area contributed by atoms with Gasteiger partial charge in [0.05, 0.1) is 0 Å². The molecule has 0 bridgehead atoms. The van der Waals surface area contributed by atoms with E-state index in [0.29, 0.717) is 0 Å². The number of nitrogens with one attached hydrogen (secondary N) is 1. The van der Waals surface area contributed by atoms with Crippen LogP contribution in [0.1, 0.15) is 18.1 Å². The Labute approximate surface area is 122 Å². The molecular formula is C16H16N2O3. The molecule has 1 saturated heterocycles. The van der Waals surface area contributed by atoms with Crippen LogP contribution in [0, 0.1) is 6.92 Å². The lowest BCUT2D eigenvalue weighted by atomic mass is 10.1. The summed E-state index contributed by atoms with van der Waals surface area (Å²) in [6.07, 6.45) is 4.88. The van der Waals surface area contributed by atoms with Crippen molar-refractivity contribution in [1.82, 2.24) is 10.2 Å². The molecular weight excluding hydrogens is 268 g/mol. The standard InChI is InChI=1S/C16H16N2O3/c1-3-18-15(20)13(14(19)17-16(18)21)10-6-9-12-8-5-4-7-11(12)2/h4-10H,3H2,1-2H3,(H,17,19,21). The highest BCUT2D eigenvalue weighted by molar-refractivity contribution is 6.28. The molecule has 0 unspecified atom stereocenters. The molecule has 5 heteroatoms. The molecule has 0 aromatic heterocycles. The molecule has 0 aliphatic carbocycles. The molecule has 0 spiro atoms. The highest BCUT2D eigenvalue weighted by atomic mass is 16.2. The first kappa shape index (κ1) is 14.7. The molecule has 0 atom stereocenters. The molecule has 0 radical (unpaired) electrons. The third-order valence-electron chi connectivity index (χ3n) is 3.23. The van der Waals surface area contributed by atoms with Crippen LogP contribution >= 0.6 is 0 Å². The van der Waals surface area contributed by atoms with E-state index in [9.17, 15) is 14.4 Å². The van der Waals surface area contributed by atoms with Crippen molar-refractivity contribution in [2.24, 2.45) is 0 Å². The van der Waals surface area contributed by atoms with E-state index in [4.69, 9.17) is 0 Å². The maximum absolute atomic E-state index is 12.0. The van der Waals surface area contributed by atoms with Gasteiger partial charge in [0, 0.05) is 6.54 Å². The van der Waals surface area contributed by atoms with Gasteiger partial charge in [-0.15, -0.1) is 0 Å². The molecule has 1 fully saturated rings. The summed E-state index contributed by atoms with van der Waals surface area (Å²) in [6.45, 7) is 3.87. The Morgan fingerprint density at radius 3 is 2.57 bits per heavy atom. The topological polar surface area (TPSA) is 66.5 Å². The Balaban J connectivity index is 2.24. The second kappa shape index (κ2) is 6.17. The number of aryl methyl sites for hydroxylation is 1. The molecule has 2 rings (SSSR count). The number of rotatable bonds is 3. The predicted molar refractivity (Wildman–Crippen MR) is 79.2 cm³/mol. The number of carbonyl (C=O) groups excluding carboxylic acids is 3. The largest absolute Gasteiger partial charge is 0.331 e. The first-order valence-electron chi connectivity index (χ1n) is 6.65. The van der Waals surface area contributed by atoms with Crippen molar-refractivity contribution < 1.29 is 14.4 Å². The smallest absolute Gasteiger partial charge is 0.273 e. The summed E-state index contributed by atoms with van der Waals surface area (Å²) in [5, 5.41) is 2.15. The van der Waals surface area contributed by atoms with Crippen molar-refractivity contribution >= 4 is 23.9 Å². The van der Waals surface area contributed by atoms with Gasteiger partial charge < -0.3 is 0 Å². The summed E-state index contributed by atoms with van der Waals surface area (Å²) in [5.41, 5.74) is 2.06. The molecule has 1 aromatic rings. The number of urea groups is 1. The molecule has 5 nitrogen and oxygen atoms in total. The second-order valence-electron chi connectivity index (χ2n) is 4.60. The second-order valence-corrected chi connectivity index (χ2v) is 4.60. The molecule has 1 aromatic carbocycles. The van der Waals surface area contributed by atoms with Crippen LogP contribution in [0.3, 0.4) is 0 Å². The SMILES string of the molecule is CCN1C(=O)NC(=O)C(=CC=Cc2ccccc2C)C1=O. The van der Waals surface area contributed by atoms with Gasteiger partial charge >= 0.3 is 6.03 Å². The summed E-state index contributed by atoms with van der Waals surface area (Å²) in [5.74, 6) is -1.23. The number of hydrogen-bond acceptors (Lipinski definition) is 3. The first-order chi connectivity index (χ1) is 10.0. The number of benzene rings is 1. The number of likely N-dealkylation sites (N-methyl/N-ethyl adjacent to an activating group) is 1. The van der Waals surface area contributed by atoms with E-state index in [0.717, 1.165) is 16.0 Å². The highest BCUT2D eigenvalue weighted by Gasteiger charge is 2.34. The highest BCUT2D eigenvalue weighted by Crippen LogP contribution is 2.12. The lowest BCUT2D eigenvalue weighted by molar-refractivity contribution is -0.130. The Hall–Kier alpha value is -2.69. The fourth-order valence-electron chi connectivity index (χ4n) is 2.02. The van der Waals surface area contributed by atoms with Crippen molar-refractivity contribution in [3.63, 3.8) is 0 Å². The van der Waals surface area contributed by atoms with Gasteiger partial charge in [-0.1, -0.05) is 36.4 Å². The van der Waals surface area contributed by atoms with Crippen LogP contribution < -0.4 is 5.32 Å². The van der Waals surface area contributed by atoms with Gasteiger partial charge in [-0.2, -0.15) is 0 Å². The lowest BCUT2D eigenvalue weighted by Crippen LogP contribution is -2.53. The molecule has 1 N–H and O–H groups in total. The quantitative estimate of drug-likeness (QED) is 0.682. The van der Waals surface area contributed by atoms with Gasteiger partial charge in [-0.05, 0) is 31.1 Å². The normalized spacial score (nSPS) is 17.7. The van der Waals surface area contributed by atoms with E-state index >= 15 is 0 Å². The van der Waals surface area contributed by atoms with Crippen LogP contribution in [0.4, 0.5) is 4.79 Å². The number of carbonyl (C=O) groups is 3. The van der Waals surface area contributed by atoms with Gasteiger partial charge in [-0.25, -0.2) is 4.79 Å². The van der Waals surface area contributed by atoms with E-state index in [1.54, 1.807) is 13.0 Å². The van der Waals surface area contributed by atoms with Crippen molar-refractivity contribution in [3.8, 4) is 0 Å². The van der Waals surface area contributed by atoms with Crippen LogP contribution in [0.2, 0.25) is 0 Å². The predicted octanol–water partition coefficient (Wildman–Crippen LogP) is 2.03. The van der Waals surface area contributed by atoms with Crippen molar-refractivity contribution in [2.45, 2.75) is 13.8 Å². The van der Waals surface area contributed by atoms with Crippen LogP contribution in [0.15, 0.2) is 42.0 Å². The third-order valence-corrected chi connectivity index (χ3v) is 3.23. The van der Waals surface area contributed by atoms with Crippen LogP contribution in [-0.4, -0.2) is 29.3 Å². The fraction of sp³-hybridized carbons (Fsp3) is 0.188. The Morgan fingerprint density at radius 2 is 1.90 bits per heavy atom. The zero-order valence-electron chi connectivity index (χ0n) is 11.9. The minimum Gasteiger partial charge on any atom is -0.273 e. The molecule has 21 heavy (non-hydrogen) atoms. The zero-order valence-corrected chi connectivity index (χ0v) is 11.9.